The number of nitrogens with one attached hydrogen (secondary N) is 3. The van der Waals surface area contributed by atoms with Crippen LogP contribution >= 0.6 is 0 Å². The van der Waals surface area contributed by atoms with Gasteiger partial charge in [-0.05, 0) is 23.8 Å². The fraction of sp³-hybridized carbons (Fsp3) is 0.615. The average Bonchev–Trinajstić information content (AvgIpc) is 3.27. The molecule has 0 radical (unpaired) electrons. The summed E-state index contributed by atoms with van der Waals surface area (Å²) in [5.74, 6) is -1.71. The highest BCUT2D eigenvalue weighted by atomic mass is 16.5. The SMILES string of the molecule is [3H]C(=O)NC(C(=O)NC(C(=O)N1CC(OCc2ccccc2)CC1C(=O)NCCC)C(C)C)C(C)C. The molecule has 4 unspecified atom stereocenters. The first-order chi connectivity index (χ1) is 17.0. The maximum Gasteiger partial charge on any atom is 0.246 e. The van der Waals surface area contributed by atoms with Gasteiger partial charge in [0.05, 0.1) is 12.7 Å². The molecule has 4 amide bonds. The Morgan fingerprint density at radius 1 is 1.14 bits per heavy atom. The third kappa shape index (κ3) is 8.06. The zero-order valence-electron chi connectivity index (χ0n) is 22.4. The second-order valence-corrected chi connectivity index (χ2v) is 9.65. The summed E-state index contributed by atoms with van der Waals surface area (Å²) in [6.45, 7) is 10.2. The highest BCUT2D eigenvalue weighted by Gasteiger charge is 2.43. The molecule has 1 aliphatic heterocycles. The number of likely N-dealkylation sites (tertiary alicyclic amines) is 1. The van der Waals surface area contributed by atoms with Crippen LogP contribution in [0.2, 0.25) is 0 Å². The van der Waals surface area contributed by atoms with Crippen LogP contribution in [0.15, 0.2) is 30.3 Å². The van der Waals surface area contributed by atoms with Crippen molar-refractivity contribution in [2.45, 2.75) is 78.3 Å². The van der Waals surface area contributed by atoms with Crippen molar-refractivity contribution in [3.05, 3.63) is 35.9 Å². The molecule has 3 N–H and O–H groups in total. The van der Waals surface area contributed by atoms with Crippen LogP contribution < -0.4 is 16.0 Å². The molecule has 1 aromatic rings. The van der Waals surface area contributed by atoms with Gasteiger partial charge >= 0.3 is 0 Å². The second-order valence-electron chi connectivity index (χ2n) is 9.65. The molecule has 1 saturated heterocycles. The van der Waals surface area contributed by atoms with E-state index in [-0.39, 0.29) is 36.3 Å². The van der Waals surface area contributed by atoms with Crippen molar-refractivity contribution in [2.24, 2.45) is 11.8 Å². The highest BCUT2D eigenvalue weighted by molar-refractivity contribution is 5.94. The minimum Gasteiger partial charge on any atom is -0.372 e. The van der Waals surface area contributed by atoms with E-state index in [1.54, 1.807) is 13.8 Å². The lowest BCUT2D eigenvalue weighted by molar-refractivity contribution is -0.143. The monoisotopic (exact) mass is 490 g/mol. The number of amides is 4. The van der Waals surface area contributed by atoms with E-state index in [9.17, 15) is 19.2 Å². The van der Waals surface area contributed by atoms with E-state index in [2.05, 4.69) is 16.0 Å². The maximum atomic E-state index is 13.7. The first kappa shape index (κ1) is 26.7. The number of nitrogens with zero attached hydrogens (tertiary/aromatic N) is 1. The van der Waals surface area contributed by atoms with Crippen LogP contribution in [0, 0.1) is 11.8 Å². The van der Waals surface area contributed by atoms with Gasteiger partial charge < -0.3 is 25.6 Å². The molecule has 0 aromatic heterocycles. The normalized spacial score (nSPS) is 19.7. The first-order valence-corrected chi connectivity index (χ1v) is 12.4. The number of rotatable bonds is 12. The molecule has 4 atom stereocenters. The van der Waals surface area contributed by atoms with Gasteiger partial charge in [0.2, 0.25) is 24.1 Å². The molecule has 0 spiro atoms. The molecule has 194 valence electrons. The highest BCUT2D eigenvalue weighted by Crippen LogP contribution is 2.24. The van der Waals surface area contributed by atoms with Crippen LogP contribution in [-0.2, 0) is 30.5 Å². The topological polar surface area (TPSA) is 117 Å². The Morgan fingerprint density at radius 2 is 1.80 bits per heavy atom. The van der Waals surface area contributed by atoms with Crippen LogP contribution in [0.4, 0.5) is 0 Å². The molecular formula is C26H40N4O5. The van der Waals surface area contributed by atoms with E-state index in [4.69, 9.17) is 6.11 Å². The summed E-state index contributed by atoms with van der Waals surface area (Å²) in [5, 5.41) is 7.96. The van der Waals surface area contributed by atoms with E-state index >= 15 is 0 Å². The van der Waals surface area contributed by atoms with Crippen molar-refractivity contribution < 1.29 is 25.3 Å². The lowest BCUT2D eigenvalue weighted by Crippen LogP contribution is -2.58. The van der Waals surface area contributed by atoms with E-state index < -0.39 is 30.4 Å². The number of benzene rings is 1. The van der Waals surface area contributed by atoms with Gasteiger partial charge in [-0.15, -0.1) is 0 Å². The van der Waals surface area contributed by atoms with Crippen molar-refractivity contribution in [3.8, 4) is 0 Å². The van der Waals surface area contributed by atoms with E-state index in [0.717, 1.165) is 12.0 Å². The number of carbonyl (C=O) groups excluding carboxylic acids is 4. The molecule has 1 fully saturated rings. The van der Waals surface area contributed by atoms with Crippen LogP contribution in [0.5, 0.6) is 0 Å². The smallest absolute Gasteiger partial charge is 0.246 e. The first-order valence-electron chi connectivity index (χ1n) is 12.9. The Bertz CT molecular complexity index is 896. The number of carbonyl (C=O) groups is 4. The second kappa shape index (κ2) is 13.8. The Morgan fingerprint density at radius 3 is 2.37 bits per heavy atom. The standard InChI is InChI=1S/C26H40N4O5/c1-6-12-27-24(32)21-13-20(35-15-19-10-8-7-9-11-19)14-30(21)26(34)23(18(4)5)29-25(33)22(17(2)3)28-16-31/h7-11,16-18,20-23H,6,12-15H2,1-5H3,(H,27,32)(H,28,31)(H,29,33)/i16T. The zero-order chi connectivity index (χ0) is 26.8. The molecule has 1 aliphatic rings. The molecule has 35 heavy (non-hydrogen) atoms. The summed E-state index contributed by atoms with van der Waals surface area (Å²) < 4.78 is 13.2. The number of ether oxygens (including phenoxy) is 1. The van der Waals surface area contributed by atoms with Crippen LogP contribution in [0.3, 0.4) is 0 Å². The van der Waals surface area contributed by atoms with E-state index in [1.165, 1.54) is 4.90 Å². The van der Waals surface area contributed by atoms with E-state index in [1.807, 2.05) is 51.1 Å². The molecule has 0 saturated carbocycles. The van der Waals surface area contributed by atoms with Gasteiger partial charge in [-0.25, -0.2) is 0 Å². The largest absolute Gasteiger partial charge is 0.372 e. The molecule has 1 aromatic carbocycles. The predicted octanol–water partition coefficient (Wildman–Crippen LogP) is 1.61. The van der Waals surface area contributed by atoms with Gasteiger partial charge in [0.15, 0.2) is 0 Å². The van der Waals surface area contributed by atoms with Crippen molar-refractivity contribution >= 4 is 24.1 Å². The predicted molar refractivity (Wildman–Crippen MR) is 133 cm³/mol. The minimum atomic E-state index is -1.07. The van der Waals surface area contributed by atoms with Gasteiger partial charge in [-0.1, -0.05) is 65.0 Å². The Balaban J connectivity index is 2.20. The fourth-order valence-electron chi connectivity index (χ4n) is 4.10. The molecule has 1 heterocycles. The van der Waals surface area contributed by atoms with Gasteiger partial charge in [0, 0.05) is 19.5 Å². The molecule has 0 aliphatic carbocycles. The summed E-state index contributed by atoms with van der Waals surface area (Å²) in [6, 6.07) is 7.11. The number of hydrogen-bond donors (Lipinski definition) is 3. The Hall–Kier alpha value is -2.94. The van der Waals surface area contributed by atoms with Crippen molar-refractivity contribution in [1.29, 1.82) is 0 Å². The zero-order valence-corrected chi connectivity index (χ0v) is 21.4. The van der Waals surface area contributed by atoms with E-state index in [0.29, 0.717) is 19.6 Å². The summed E-state index contributed by atoms with van der Waals surface area (Å²) in [7, 11) is 0. The van der Waals surface area contributed by atoms with Gasteiger partial charge in [0.1, 0.15) is 19.5 Å². The van der Waals surface area contributed by atoms with Crippen LogP contribution in [-0.4, -0.2) is 66.3 Å². The average molecular weight is 491 g/mol. The van der Waals surface area contributed by atoms with Crippen molar-refractivity contribution in [3.63, 3.8) is 0 Å². The quantitative estimate of drug-likeness (QED) is 0.385. The number of hydrogen-bond acceptors (Lipinski definition) is 5. The summed E-state index contributed by atoms with van der Waals surface area (Å²) in [6.07, 6.45) is -0.275. The third-order valence-electron chi connectivity index (χ3n) is 6.12. The van der Waals surface area contributed by atoms with Crippen molar-refractivity contribution in [1.82, 2.24) is 20.9 Å². The Kier molecular flexibility index (Phi) is 10.5. The fourth-order valence-corrected chi connectivity index (χ4v) is 4.10. The summed E-state index contributed by atoms with van der Waals surface area (Å²) in [4.78, 5) is 52.4. The van der Waals surface area contributed by atoms with Crippen LogP contribution in [0.1, 0.15) is 54.4 Å². The molecule has 2 rings (SSSR count). The van der Waals surface area contributed by atoms with Crippen molar-refractivity contribution in [2.75, 3.05) is 13.1 Å². The van der Waals surface area contributed by atoms with Crippen LogP contribution in [0.25, 0.3) is 0 Å². The van der Waals surface area contributed by atoms with Gasteiger partial charge in [-0.2, -0.15) is 0 Å². The molecular weight excluding hydrogens is 448 g/mol. The molecule has 9 nitrogen and oxygen atoms in total. The minimum absolute atomic E-state index is 0.228. The molecule has 0 bridgehead atoms. The summed E-state index contributed by atoms with van der Waals surface area (Å²) >= 11 is 0. The maximum absolute atomic E-state index is 13.7. The van der Waals surface area contributed by atoms with Gasteiger partial charge in [-0.3, -0.25) is 19.2 Å². The lowest BCUT2D eigenvalue weighted by Gasteiger charge is -2.31. The third-order valence-corrected chi connectivity index (χ3v) is 6.12. The summed E-state index contributed by atoms with van der Waals surface area (Å²) in [5.41, 5.74) is 0.998. The molecule has 9 heteroatoms. The van der Waals surface area contributed by atoms with Gasteiger partial charge in [0.25, 0.3) is 0 Å². The lowest BCUT2D eigenvalue weighted by atomic mass is 9.99. The Labute approximate surface area is 209 Å².